The highest BCUT2D eigenvalue weighted by Gasteiger charge is 2.24. The first-order valence-corrected chi connectivity index (χ1v) is 5.62. The fourth-order valence-electron chi connectivity index (χ4n) is 1.45. The van der Waals surface area contributed by atoms with Gasteiger partial charge in [-0.15, -0.1) is 0 Å². The van der Waals surface area contributed by atoms with Crippen LogP contribution in [0.4, 0.5) is 0 Å². The highest BCUT2D eigenvalue weighted by molar-refractivity contribution is 6.32. The van der Waals surface area contributed by atoms with Crippen LogP contribution in [0.15, 0.2) is 18.2 Å². The smallest absolute Gasteiger partial charge is 0.305 e. The van der Waals surface area contributed by atoms with Crippen molar-refractivity contribution in [2.24, 2.45) is 0 Å². The Labute approximate surface area is 109 Å². The van der Waals surface area contributed by atoms with E-state index in [1.165, 1.54) is 18.2 Å². The molecule has 0 bridgehead atoms. The van der Waals surface area contributed by atoms with Crippen molar-refractivity contribution in [3.63, 3.8) is 0 Å². The number of carboxylic acid groups (broad SMARTS) is 1. The van der Waals surface area contributed by atoms with E-state index in [-0.39, 0.29) is 22.8 Å². The minimum atomic E-state index is -0.996. The molecule has 0 atom stereocenters. The van der Waals surface area contributed by atoms with Gasteiger partial charge in [0.15, 0.2) is 0 Å². The standard InChI is InChI=1S/C12H14ClNO4/c1-12(2,6-10(16)17)14-11(18)7-3-4-9(15)8(13)5-7/h3-5,15H,6H2,1-2H3,(H,14,18)(H,16,17). The molecule has 0 spiro atoms. The van der Waals surface area contributed by atoms with Crippen LogP contribution in [0.1, 0.15) is 30.6 Å². The lowest BCUT2D eigenvalue weighted by Crippen LogP contribution is -2.44. The van der Waals surface area contributed by atoms with Crippen LogP contribution in [0, 0.1) is 0 Å². The van der Waals surface area contributed by atoms with Gasteiger partial charge in [-0.05, 0) is 32.0 Å². The molecule has 6 heteroatoms. The van der Waals surface area contributed by atoms with Crippen LogP contribution >= 0.6 is 11.6 Å². The molecular formula is C12H14ClNO4. The lowest BCUT2D eigenvalue weighted by Gasteiger charge is -2.24. The molecule has 1 amide bonds. The third-order valence-electron chi connectivity index (χ3n) is 2.25. The maximum Gasteiger partial charge on any atom is 0.305 e. The highest BCUT2D eigenvalue weighted by Crippen LogP contribution is 2.24. The SMILES string of the molecule is CC(C)(CC(=O)O)NC(=O)c1ccc(O)c(Cl)c1. The summed E-state index contributed by atoms with van der Waals surface area (Å²) >= 11 is 5.69. The molecule has 0 unspecified atom stereocenters. The monoisotopic (exact) mass is 271 g/mol. The van der Waals surface area contributed by atoms with Crippen molar-refractivity contribution in [2.45, 2.75) is 25.8 Å². The Morgan fingerprint density at radius 2 is 2.00 bits per heavy atom. The summed E-state index contributed by atoms with van der Waals surface area (Å²) < 4.78 is 0. The molecule has 0 saturated heterocycles. The number of carboxylic acids is 1. The van der Waals surface area contributed by atoms with Gasteiger partial charge < -0.3 is 15.5 Å². The van der Waals surface area contributed by atoms with E-state index in [9.17, 15) is 14.7 Å². The second-order valence-electron chi connectivity index (χ2n) is 4.57. The van der Waals surface area contributed by atoms with Crippen LogP contribution in [-0.2, 0) is 4.79 Å². The van der Waals surface area contributed by atoms with E-state index in [0.29, 0.717) is 0 Å². The van der Waals surface area contributed by atoms with Gasteiger partial charge in [0, 0.05) is 11.1 Å². The lowest BCUT2D eigenvalue weighted by molar-refractivity contribution is -0.138. The van der Waals surface area contributed by atoms with Crippen molar-refractivity contribution in [1.82, 2.24) is 5.32 Å². The maximum atomic E-state index is 11.9. The van der Waals surface area contributed by atoms with Crippen molar-refractivity contribution in [1.29, 1.82) is 0 Å². The van der Waals surface area contributed by atoms with E-state index < -0.39 is 17.4 Å². The van der Waals surface area contributed by atoms with Gasteiger partial charge >= 0.3 is 5.97 Å². The van der Waals surface area contributed by atoms with E-state index in [4.69, 9.17) is 16.7 Å². The van der Waals surface area contributed by atoms with Crippen LogP contribution < -0.4 is 5.32 Å². The third-order valence-corrected chi connectivity index (χ3v) is 2.56. The molecule has 0 aliphatic rings. The summed E-state index contributed by atoms with van der Waals surface area (Å²) in [6, 6.07) is 4.04. The van der Waals surface area contributed by atoms with Gasteiger partial charge in [-0.1, -0.05) is 11.6 Å². The van der Waals surface area contributed by atoms with Crippen molar-refractivity contribution in [3.05, 3.63) is 28.8 Å². The predicted molar refractivity (Wildman–Crippen MR) is 66.9 cm³/mol. The van der Waals surface area contributed by atoms with Crippen LogP contribution in [0.2, 0.25) is 5.02 Å². The average Bonchev–Trinajstić information content (AvgIpc) is 2.19. The molecule has 0 saturated carbocycles. The first-order chi connectivity index (χ1) is 8.21. The van der Waals surface area contributed by atoms with Gasteiger partial charge in [0.25, 0.3) is 5.91 Å². The summed E-state index contributed by atoms with van der Waals surface area (Å²) in [7, 11) is 0. The second-order valence-corrected chi connectivity index (χ2v) is 4.98. The number of hydrogen-bond donors (Lipinski definition) is 3. The topological polar surface area (TPSA) is 86.6 Å². The summed E-state index contributed by atoms with van der Waals surface area (Å²) in [5.74, 6) is -1.55. The number of rotatable bonds is 4. The number of benzene rings is 1. The van der Waals surface area contributed by atoms with Gasteiger partial charge in [0.2, 0.25) is 0 Å². The largest absolute Gasteiger partial charge is 0.506 e. The minimum absolute atomic E-state index is 0.0682. The first kappa shape index (κ1) is 14.3. The minimum Gasteiger partial charge on any atom is -0.506 e. The molecule has 0 aromatic heterocycles. The van der Waals surface area contributed by atoms with E-state index in [1.54, 1.807) is 13.8 Å². The fourth-order valence-corrected chi connectivity index (χ4v) is 1.63. The predicted octanol–water partition coefficient (Wildman–Crippen LogP) is 2.03. The molecule has 0 aliphatic carbocycles. The van der Waals surface area contributed by atoms with Gasteiger partial charge in [-0.3, -0.25) is 9.59 Å². The summed E-state index contributed by atoms with van der Waals surface area (Å²) in [5.41, 5.74) is -0.607. The number of nitrogens with one attached hydrogen (secondary N) is 1. The second kappa shape index (κ2) is 5.27. The van der Waals surface area contributed by atoms with Gasteiger partial charge in [0.05, 0.1) is 11.4 Å². The Bertz CT molecular complexity index is 485. The Balaban J connectivity index is 2.82. The Morgan fingerprint density at radius 3 is 2.50 bits per heavy atom. The number of phenolic OH excluding ortho intramolecular Hbond substituents is 1. The van der Waals surface area contributed by atoms with Crippen LogP contribution in [0.25, 0.3) is 0 Å². The summed E-state index contributed by atoms with van der Waals surface area (Å²) in [6.07, 6.45) is -0.190. The molecule has 18 heavy (non-hydrogen) atoms. The first-order valence-electron chi connectivity index (χ1n) is 5.24. The Morgan fingerprint density at radius 1 is 1.39 bits per heavy atom. The number of carbonyl (C=O) groups excluding carboxylic acids is 1. The average molecular weight is 272 g/mol. The van der Waals surface area contributed by atoms with Gasteiger partial charge in [-0.25, -0.2) is 0 Å². The number of halogens is 1. The maximum absolute atomic E-state index is 11.9. The Kier molecular flexibility index (Phi) is 4.19. The summed E-state index contributed by atoms with van der Waals surface area (Å²) in [6.45, 7) is 3.22. The van der Waals surface area contributed by atoms with E-state index in [2.05, 4.69) is 5.32 Å². The van der Waals surface area contributed by atoms with Crippen molar-refractivity contribution < 1.29 is 19.8 Å². The zero-order valence-corrected chi connectivity index (χ0v) is 10.8. The summed E-state index contributed by atoms with van der Waals surface area (Å²) in [4.78, 5) is 22.5. The molecule has 0 heterocycles. The van der Waals surface area contributed by atoms with E-state index in [1.807, 2.05) is 0 Å². The normalized spacial score (nSPS) is 11.1. The molecule has 98 valence electrons. The van der Waals surface area contributed by atoms with Gasteiger partial charge in [0.1, 0.15) is 5.75 Å². The van der Waals surface area contributed by atoms with Gasteiger partial charge in [-0.2, -0.15) is 0 Å². The number of amides is 1. The molecule has 0 fully saturated rings. The number of hydrogen-bond acceptors (Lipinski definition) is 3. The quantitative estimate of drug-likeness (QED) is 0.782. The van der Waals surface area contributed by atoms with E-state index >= 15 is 0 Å². The van der Waals surface area contributed by atoms with Crippen molar-refractivity contribution >= 4 is 23.5 Å². The number of phenols is 1. The van der Waals surface area contributed by atoms with Crippen LogP contribution in [-0.4, -0.2) is 27.6 Å². The van der Waals surface area contributed by atoms with Crippen LogP contribution in [0.3, 0.4) is 0 Å². The number of aromatic hydroxyl groups is 1. The van der Waals surface area contributed by atoms with E-state index in [0.717, 1.165) is 0 Å². The molecule has 0 radical (unpaired) electrons. The summed E-state index contributed by atoms with van der Waals surface area (Å²) in [5, 5.41) is 20.6. The van der Waals surface area contributed by atoms with Crippen LogP contribution in [0.5, 0.6) is 5.75 Å². The third kappa shape index (κ3) is 3.92. The number of aliphatic carboxylic acids is 1. The molecular weight excluding hydrogens is 258 g/mol. The molecule has 1 rings (SSSR count). The fraction of sp³-hybridized carbons (Fsp3) is 0.333. The lowest BCUT2D eigenvalue weighted by atomic mass is 10.00. The highest BCUT2D eigenvalue weighted by atomic mass is 35.5. The number of carbonyl (C=O) groups is 2. The molecule has 1 aromatic rings. The molecule has 0 aliphatic heterocycles. The Hall–Kier alpha value is -1.75. The zero-order chi connectivity index (χ0) is 13.9. The molecule has 5 nitrogen and oxygen atoms in total. The zero-order valence-electron chi connectivity index (χ0n) is 10.0. The van der Waals surface area contributed by atoms with Crippen molar-refractivity contribution in [3.8, 4) is 5.75 Å². The molecule has 1 aromatic carbocycles. The molecule has 3 N–H and O–H groups in total. The van der Waals surface area contributed by atoms with Crippen molar-refractivity contribution in [2.75, 3.05) is 0 Å².